The molecule has 1 aliphatic rings. The number of esters is 1. The van der Waals surface area contributed by atoms with Crippen molar-refractivity contribution in [3.8, 4) is 11.5 Å². The first-order valence-corrected chi connectivity index (χ1v) is 13.6. The molecule has 4 rings (SSSR count). The molecule has 1 atom stereocenters. The summed E-state index contributed by atoms with van der Waals surface area (Å²) in [5.41, 5.74) is 3.51. The van der Waals surface area contributed by atoms with Crippen molar-refractivity contribution in [1.29, 1.82) is 0 Å². The van der Waals surface area contributed by atoms with Gasteiger partial charge < -0.3 is 19.8 Å². The highest BCUT2D eigenvalue weighted by Crippen LogP contribution is 2.33. The van der Waals surface area contributed by atoms with Gasteiger partial charge in [0.25, 0.3) is 5.91 Å². The minimum Gasteiger partial charge on any atom is -0.508 e. The summed E-state index contributed by atoms with van der Waals surface area (Å²) < 4.78 is 5.82. The maximum Gasteiger partial charge on any atom is 0.328 e. The lowest BCUT2D eigenvalue weighted by atomic mass is 9.98. The van der Waals surface area contributed by atoms with Crippen molar-refractivity contribution in [1.82, 2.24) is 10.2 Å². The van der Waals surface area contributed by atoms with Crippen LogP contribution >= 0.6 is 0 Å². The summed E-state index contributed by atoms with van der Waals surface area (Å²) in [7, 11) is 1.68. The number of rotatable bonds is 10. The minimum absolute atomic E-state index is 0.00166. The van der Waals surface area contributed by atoms with Gasteiger partial charge in [0.1, 0.15) is 23.6 Å². The zero-order valence-electron chi connectivity index (χ0n) is 22.9. The van der Waals surface area contributed by atoms with Crippen molar-refractivity contribution in [2.45, 2.75) is 70.7 Å². The monoisotopic (exact) mass is 530 g/mol. The summed E-state index contributed by atoms with van der Waals surface area (Å²) in [6, 6.07) is 19.6. The van der Waals surface area contributed by atoms with Crippen LogP contribution in [-0.4, -0.2) is 40.1 Å². The Labute approximate surface area is 230 Å². The van der Waals surface area contributed by atoms with E-state index in [1.807, 2.05) is 68.4 Å². The number of carbonyl (C=O) groups excluding carboxylic acids is 2. The van der Waals surface area contributed by atoms with Crippen LogP contribution in [0, 0.1) is 0 Å². The van der Waals surface area contributed by atoms with Crippen LogP contribution in [0.3, 0.4) is 0 Å². The van der Waals surface area contributed by atoms with Crippen LogP contribution in [-0.2, 0) is 22.6 Å². The van der Waals surface area contributed by atoms with Crippen molar-refractivity contribution >= 4 is 11.9 Å². The van der Waals surface area contributed by atoms with Crippen LogP contribution in [0.4, 0.5) is 0 Å². The number of amides is 1. The van der Waals surface area contributed by atoms with Crippen molar-refractivity contribution in [2.24, 2.45) is 0 Å². The molecule has 1 saturated carbocycles. The van der Waals surface area contributed by atoms with Gasteiger partial charge in [-0.3, -0.25) is 10.1 Å². The predicted molar refractivity (Wildman–Crippen MR) is 150 cm³/mol. The van der Waals surface area contributed by atoms with E-state index in [2.05, 4.69) is 5.32 Å². The molecule has 3 aromatic rings. The molecule has 206 valence electrons. The fourth-order valence-electron chi connectivity index (χ4n) is 5.06. The van der Waals surface area contributed by atoms with Crippen LogP contribution in [0.25, 0.3) is 0 Å². The summed E-state index contributed by atoms with van der Waals surface area (Å²) in [4.78, 5) is 27.8. The Morgan fingerprint density at radius 1 is 0.949 bits per heavy atom. The largest absolute Gasteiger partial charge is 0.508 e. The predicted octanol–water partition coefficient (Wildman–Crippen LogP) is 5.81. The van der Waals surface area contributed by atoms with Crippen molar-refractivity contribution < 1.29 is 24.5 Å². The highest BCUT2D eigenvalue weighted by Gasteiger charge is 2.27. The maximum absolute atomic E-state index is 13.2. The summed E-state index contributed by atoms with van der Waals surface area (Å²) in [5, 5.41) is 23.8. The summed E-state index contributed by atoms with van der Waals surface area (Å²) in [5.74, 6) is -0.867. The molecule has 0 spiro atoms. The van der Waals surface area contributed by atoms with Crippen LogP contribution in [0.1, 0.15) is 84.1 Å². The topological polar surface area (TPSA) is 99.1 Å². The van der Waals surface area contributed by atoms with Crippen LogP contribution in [0.2, 0.25) is 0 Å². The Kier molecular flexibility index (Phi) is 9.25. The molecule has 0 bridgehead atoms. The first-order valence-electron chi connectivity index (χ1n) is 13.6. The highest BCUT2D eigenvalue weighted by atomic mass is 16.5. The van der Waals surface area contributed by atoms with Gasteiger partial charge >= 0.3 is 5.97 Å². The van der Waals surface area contributed by atoms with Gasteiger partial charge in [-0.15, -0.1) is 0 Å². The molecule has 0 aliphatic heterocycles. The Morgan fingerprint density at radius 3 is 2.33 bits per heavy atom. The number of aromatic hydroxyl groups is 2. The number of hydrogen-bond acceptors (Lipinski definition) is 6. The van der Waals surface area contributed by atoms with Gasteiger partial charge in [-0.25, -0.2) is 4.79 Å². The van der Waals surface area contributed by atoms with Gasteiger partial charge in [0, 0.05) is 26.2 Å². The summed E-state index contributed by atoms with van der Waals surface area (Å²) in [6.07, 6.45) is 4.02. The van der Waals surface area contributed by atoms with E-state index >= 15 is 0 Å². The first-order chi connectivity index (χ1) is 18.7. The van der Waals surface area contributed by atoms with E-state index in [1.54, 1.807) is 13.1 Å². The average Bonchev–Trinajstić information content (AvgIpc) is 3.42. The molecule has 0 aromatic heterocycles. The summed E-state index contributed by atoms with van der Waals surface area (Å²) >= 11 is 0. The van der Waals surface area contributed by atoms with E-state index in [0.29, 0.717) is 18.7 Å². The average molecular weight is 531 g/mol. The smallest absolute Gasteiger partial charge is 0.328 e. The Balaban J connectivity index is 1.44. The SMILES string of the molecule is CC(C)c1cc(C(=O)N(C)Cc2cccc(CNC(C(=O)OC3CCCC3)c3ccccc3)c2)c(O)cc1O. The van der Waals surface area contributed by atoms with E-state index in [4.69, 9.17) is 4.74 Å². The van der Waals surface area contributed by atoms with E-state index in [0.717, 1.165) is 42.4 Å². The third kappa shape index (κ3) is 7.18. The van der Waals surface area contributed by atoms with Gasteiger partial charge in [0.05, 0.1) is 5.56 Å². The second-order valence-electron chi connectivity index (χ2n) is 10.6. The fraction of sp³-hybridized carbons (Fsp3) is 0.375. The number of nitrogens with zero attached hydrogens (tertiary/aromatic N) is 1. The number of phenolic OH excluding ortho intramolecular Hbond substituents is 2. The lowest BCUT2D eigenvalue weighted by Crippen LogP contribution is -2.32. The van der Waals surface area contributed by atoms with Crippen molar-refractivity contribution in [3.63, 3.8) is 0 Å². The minimum atomic E-state index is -0.577. The van der Waals surface area contributed by atoms with Gasteiger partial charge in [0.15, 0.2) is 0 Å². The molecule has 1 amide bonds. The van der Waals surface area contributed by atoms with Crippen LogP contribution in [0.15, 0.2) is 66.7 Å². The Hall–Kier alpha value is -3.84. The van der Waals surface area contributed by atoms with Crippen molar-refractivity contribution in [2.75, 3.05) is 7.05 Å². The van der Waals surface area contributed by atoms with E-state index < -0.39 is 6.04 Å². The molecular weight excluding hydrogens is 492 g/mol. The second-order valence-corrected chi connectivity index (χ2v) is 10.6. The molecule has 7 nitrogen and oxygen atoms in total. The Bertz CT molecular complexity index is 1280. The van der Waals surface area contributed by atoms with E-state index in [-0.39, 0.29) is 41.0 Å². The number of nitrogens with one attached hydrogen (secondary N) is 1. The molecule has 3 N–H and O–H groups in total. The Morgan fingerprint density at radius 2 is 1.64 bits per heavy atom. The zero-order valence-corrected chi connectivity index (χ0v) is 22.9. The molecule has 0 heterocycles. The molecule has 3 aromatic carbocycles. The van der Waals surface area contributed by atoms with Gasteiger partial charge in [-0.2, -0.15) is 0 Å². The molecular formula is C32H38N2O5. The molecule has 1 fully saturated rings. The molecule has 7 heteroatoms. The zero-order chi connectivity index (χ0) is 27.9. The number of hydrogen-bond donors (Lipinski definition) is 3. The quantitative estimate of drug-likeness (QED) is 0.286. The standard InChI is InChI=1S/C32H38N2O5/c1-21(2)26-17-27(29(36)18-28(26)35)31(37)34(3)20-23-11-9-10-22(16-23)19-33-30(24-12-5-4-6-13-24)32(38)39-25-14-7-8-15-25/h4-6,9-13,16-18,21,25,30,33,35-36H,7-8,14-15,19-20H2,1-3H3. The lowest BCUT2D eigenvalue weighted by molar-refractivity contribution is -0.151. The highest BCUT2D eigenvalue weighted by molar-refractivity contribution is 5.97. The summed E-state index contributed by atoms with van der Waals surface area (Å²) in [6.45, 7) is 4.61. The van der Waals surface area contributed by atoms with E-state index in [9.17, 15) is 19.8 Å². The number of ether oxygens (including phenoxy) is 1. The molecule has 1 aliphatic carbocycles. The normalized spacial score (nSPS) is 14.4. The fourth-order valence-corrected chi connectivity index (χ4v) is 5.06. The number of benzene rings is 3. The molecule has 0 radical (unpaired) electrons. The lowest BCUT2D eigenvalue weighted by Gasteiger charge is -2.21. The third-order valence-electron chi connectivity index (χ3n) is 7.22. The van der Waals surface area contributed by atoms with Gasteiger partial charge in [-0.05, 0) is 59.9 Å². The molecule has 39 heavy (non-hydrogen) atoms. The van der Waals surface area contributed by atoms with Gasteiger partial charge in [0.2, 0.25) is 0 Å². The molecule has 0 saturated heterocycles. The van der Waals surface area contributed by atoms with Crippen molar-refractivity contribution in [3.05, 3.63) is 94.5 Å². The van der Waals surface area contributed by atoms with Crippen LogP contribution < -0.4 is 5.32 Å². The second kappa shape index (κ2) is 12.8. The van der Waals surface area contributed by atoms with Gasteiger partial charge in [-0.1, -0.05) is 68.4 Å². The van der Waals surface area contributed by atoms with E-state index in [1.165, 1.54) is 11.0 Å². The maximum atomic E-state index is 13.2. The number of phenols is 2. The molecule has 1 unspecified atom stereocenters. The first kappa shape index (κ1) is 28.2. The van der Waals surface area contributed by atoms with Crippen LogP contribution in [0.5, 0.6) is 11.5 Å². The third-order valence-corrected chi connectivity index (χ3v) is 7.22. The number of carbonyl (C=O) groups is 2.